The maximum atomic E-state index is 11.1. The summed E-state index contributed by atoms with van der Waals surface area (Å²) in [5.41, 5.74) is 2.94. The maximum absolute atomic E-state index is 11.1. The van der Waals surface area contributed by atoms with Crippen molar-refractivity contribution in [2.45, 2.75) is 24.5 Å². The average Bonchev–Trinajstić information content (AvgIpc) is 2.46. The highest BCUT2D eigenvalue weighted by Gasteiger charge is 2.16. The van der Waals surface area contributed by atoms with Gasteiger partial charge in [0.25, 0.3) is 5.69 Å². The lowest BCUT2D eigenvalue weighted by Gasteiger charge is -2.11. The first kappa shape index (κ1) is 15.4. The van der Waals surface area contributed by atoms with E-state index in [1.54, 1.807) is 23.9 Å². The standard InChI is InChI=1S/C16H18N2O2S/c1-3-17-16-13(7-5-9-15(16)18(19)20)11-21-14-8-4-6-12(2)10-14/h4-10,17H,3,11H2,1-2H3. The fourth-order valence-electron chi connectivity index (χ4n) is 2.11. The van der Waals surface area contributed by atoms with Gasteiger partial charge in [0.05, 0.1) is 4.92 Å². The molecule has 4 nitrogen and oxygen atoms in total. The van der Waals surface area contributed by atoms with E-state index in [-0.39, 0.29) is 10.6 Å². The molecule has 21 heavy (non-hydrogen) atoms. The van der Waals surface area contributed by atoms with Crippen LogP contribution in [0.5, 0.6) is 0 Å². The third kappa shape index (κ3) is 3.98. The number of para-hydroxylation sites is 1. The van der Waals surface area contributed by atoms with E-state index in [9.17, 15) is 10.1 Å². The summed E-state index contributed by atoms with van der Waals surface area (Å²) in [6.07, 6.45) is 0. The summed E-state index contributed by atoms with van der Waals surface area (Å²) in [6, 6.07) is 13.5. The van der Waals surface area contributed by atoms with Gasteiger partial charge in [-0.3, -0.25) is 10.1 Å². The number of nitrogens with one attached hydrogen (secondary N) is 1. The van der Waals surface area contributed by atoms with Crippen molar-refractivity contribution in [3.8, 4) is 0 Å². The summed E-state index contributed by atoms with van der Waals surface area (Å²) in [4.78, 5) is 12.0. The largest absolute Gasteiger partial charge is 0.380 e. The molecule has 0 aliphatic heterocycles. The summed E-state index contributed by atoms with van der Waals surface area (Å²) in [5, 5.41) is 14.2. The zero-order valence-electron chi connectivity index (χ0n) is 12.1. The van der Waals surface area contributed by atoms with Crippen LogP contribution in [0.25, 0.3) is 0 Å². The van der Waals surface area contributed by atoms with E-state index >= 15 is 0 Å². The number of hydrogen-bond acceptors (Lipinski definition) is 4. The molecule has 0 unspecified atom stereocenters. The van der Waals surface area contributed by atoms with Gasteiger partial charge in [0.2, 0.25) is 0 Å². The van der Waals surface area contributed by atoms with Crippen molar-refractivity contribution < 1.29 is 4.92 Å². The number of thioether (sulfide) groups is 1. The van der Waals surface area contributed by atoms with Gasteiger partial charge in [-0.15, -0.1) is 11.8 Å². The third-order valence-electron chi connectivity index (χ3n) is 3.06. The van der Waals surface area contributed by atoms with Gasteiger partial charge in [-0.1, -0.05) is 29.8 Å². The Labute approximate surface area is 128 Å². The third-order valence-corrected chi connectivity index (χ3v) is 4.11. The quantitative estimate of drug-likeness (QED) is 0.480. The van der Waals surface area contributed by atoms with Crippen molar-refractivity contribution in [1.29, 1.82) is 0 Å². The summed E-state index contributed by atoms with van der Waals surface area (Å²) >= 11 is 1.69. The molecule has 0 atom stereocenters. The van der Waals surface area contributed by atoms with E-state index in [1.807, 2.05) is 19.1 Å². The number of benzene rings is 2. The van der Waals surface area contributed by atoms with Crippen LogP contribution in [-0.4, -0.2) is 11.5 Å². The molecule has 0 heterocycles. The van der Waals surface area contributed by atoms with Gasteiger partial charge >= 0.3 is 0 Å². The molecule has 0 radical (unpaired) electrons. The Morgan fingerprint density at radius 1 is 1.24 bits per heavy atom. The summed E-state index contributed by atoms with van der Waals surface area (Å²) in [6.45, 7) is 4.66. The van der Waals surface area contributed by atoms with Crippen LogP contribution in [0.1, 0.15) is 18.1 Å². The van der Waals surface area contributed by atoms with Gasteiger partial charge in [0.15, 0.2) is 0 Å². The normalized spacial score (nSPS) is 10.4. The van der Waals surface area contributed by atoms with Gasteiger partial charge in [0, 0.05) is 23.3 Å². The van der Waals surface area contributed by atoms with Crippen molar-refractivity contribution in [2.24, 2.45) is 0 Å². The molecule has 0 saturated heterocycles. The van der Waals surface area contributed by atoms with Crippen molar-refractivity contribution in [1.82, 2.24) is 0 Å². The molecule has 0 aromatic heterocycles. The second-order valence-electron chi connectivity index (χ2n) is 4.70. The minimum Gasteiger partial charge on any atom is -0.380 e. The summed E-state index contributed by atoms with van der Waals surface area (Å²) in [5.74, 6) is 0.702. The van der Waals surface area contributed by atoms with E-state index in [4.69, 9.17) is 0 Å². The number of nitrogens with zero attached hydrogens (tertiary/aromatic N) is 1. The smallest absolute Gasteiger partial charge is 0.292 e. The van der Waals surface area contributed by atoms with Gasteiger partial charge in [-0.05, 0) is 31.5 Å². The lowest BCUT2D eigenvalue weighted by Crippen LogP contribution is -2.04. The van der Waals surface area contributed by atoms with Crippen LogP contribution in [0.3, 0.4) is 0 Å². The van der Waals surface area contributed by atoms with Crippen LogP contribution >= 0.6 is 11.8 Å². The zero-order valence-corrected chi connectivity index (χ0v) is 12.9. The molecule has 0 amide bonds. The van der Waals surface area contributed by atoms with Crippen LogP contribution in [0.4, 0.5) is 11.4 Å². The highest BCUT2D eigenvalue weighted by atomic mass is 32.2. The van der Waals surface area contributed by atoms with E-state index < -0.39 is 0 Å². The lowest BCUT2D eigenvalue weighted by atomic mass is 10.1. The monoisotopic (exact) mass is 302 g/mol. The van der Waals surface area contributed by atoms with Crippen molar-refractivity contribution in [2.75, 3.05) is 11.9 Å². The van der Waals surface area contributed by atoms with Gasteiger partial charge < -0.3 is 5.32 Å². The molecular formula is C16H18N2O2S. The fraction of sp³-hybridized carbons (Fsp3) is 0.250. The first-order valence-electron chi connectivity index (χ1n) is 6.81. The maximum Gasteiger partial charge on any atom is 0.292 e. The molecule has 0 bridgehead atoms. The number of nitro groups is 1. The first-order chi connectivity index (χ1) is 10.1. The van der Waals surface area contributed by atoms with Crippen molar-refractivity contribution in [3.05, 3.63) is 63.7 Å². The Balaban J connectivity index is 2.23. The Kier molecular flexibility index (Phi) is 5.22. The highest BCUT2D eigenvalue weighted by Crippen LogP contribution is 2.33. The van der Waals surface area contributed by atoms with Crippen LogP contribution < -0.4 is 5.32 Å². The molecule has 0 aliphatic rings. The predicted molar refractivity (Wildman–Crippen MR) is 88.0 cm³/mol. The molecule has 1 N–H and O–H groups in total. The highest BCUT2D eigenvalue weighted by molar-refractivity contribution is 7.98. The summed E-state index contributed by atoms with van der Waals surface area (Å²) < 4.78 is 0. The van der Waals surface area contributed by atoms with Crippen molar-refractivity contribution >= 4 is 23.1 Å². The second-order valence-corrected chi connectivity index (χ2v) is 5.75. The number of hydrogen-bond donors (Lipinski definition) is 1. The molecule has 0 saturated carbocycles. The first-order valence-corrected chi connectivity index (χ1v) is 7.80. The number of rotatable bonds is 6. The van der Waals surface area contributed by atoms with Crippen LogP contribution in [0.15, 0.2) is 47.4 Å². The minimum atomic E-state index is -0.334. The fourth-order valence-corrected chi connectivity index (χ4v) is 3.11. The van der Waals surface area contributed by atoms with Crippen LogP contribution in [-0.2, 0) is 5.75 Å². The second kappa shape index (κ2) is 7.13. The molecule has 0 spiro atoms. The predicted octanol–water partition coefficient (Wildman–Crippen LogP) is 4.63. The lowest BCUT2D eigenvalue weighted by molar-refractivity contribution is -0.384. The Bertz CT molecular complexity index is 644. The van der Waals surface area contributed by atoms with E-state index in [0.717, 1.165) is 5.56 Å². The molecular weight excluding hydrogens is 284 g/mol. The average molecular weight is 302 g/mol. The zero-order chi connectivity index (χ0) is 15.2. The van der Waals surface area contributed by atoms with Crippen molar-refractivity contribution in [3.63, 3.8) is 0 Å². The Morgan fingerprint density at radius 3 is 2.67 bits per heavy atom. The molecule has 110 valence electrons. The van der Waals surface area contributed by atoms with Gasteiger partial charge in [-0.25, -0.2) is 0 Å². The molecule has 2 aromatic rings. The van der Waals surface area contributed by atoms with Gasteiger partial charge in [0.1, 0.15) is 5.69 Å². The number of aryl methyl sites for hydroxylation is 1. The number of anilines is 1. The van der Waals surface area contributed by atoms with E-state index in [1.165, 1.54) is 10.5 Å². The molecule has 0 aliphatic carbocycles. The molecule has 2 rings (SSSR count). The van der Waals surface area contributed by atoms with Gasteiger partial charge in [-0.2, -0.15) is 0 Å². The topological polar surface area (TPSA) is 55.2 Å². The van der Waals surface area contributed by atoms with Crippen LogP contribution in [0.2, 0.25) is 0 Å². The number of nitro benzene ring substituents is 1. The van der Waals surface area contributed by atoms with E-state index in [2.05, 4.69) is 30.4 Å². The Morgan fingerprint density at radius 2 is 2.00 bits per heavy atom. The SMILES string of the molecule is CCNc1c(CSc2cccc(C)c2)cccc1[N+](=O)[O-]. The molecule has 0 fully saturated rings. The van der Waals surface area contributed by atoms with Crippen LogP contribution in [0, 0.1) is 17.0 Å². The minimum absolute atomic E-state index is 0.138. The Hall–Kier alpha value is -2.01. The van der Waals surface area contributed by atoms with E-state index in [0.29, 0.717) is 18.0 Å². The summed E-state index contributed by atoms with van der Waals surface area (Å²) in [7, 11) is 0. The molecule has 5 heteroatoms. The molecule has 2 aromatic carbocycles.